The first-order chi connectivity index (χ1) is 16.6. The number of carbonyl (C=O) groups excluding carboxylic acids is 2. The molecule has 0 fully saturated rings. The number of hydrogen-bond acceptors (Lipinski definition) is 3. The summed E-state index contributed by atoms with van der Waals surface area (Å²) in [5.41, 5.74) is 0.676. The lowest BCUT2D eigenvalue weighted by molar-refractivity contribution is -0.139. The number of benzene rings is 3. The summed E-state index contributed by atoms with van der Waals surface area (Å²) in [6.45, 7) is 1.82. The van der Waals surface area contributed by atoms with Gasteiger partial charge in [0.25, 0.3) is 11.8 Å². The Balaban J connectivity index is 1.60. The SMILES string of the molecule is CC[C@H]1Oc2ccc(NC(=O)c3cccc(F)c3)cc2CN(Cc2cccc(C(F)(F)F)c2)C1=O. The van der Waals surface area contributed by atoms with E-state index in [1.165, 1.54) is 35.2 Å². The first-order valence-electron chi connectivity index (χ1n) is 11.0. The van der Waals surface area contributed by atoms with E-state index in [0.29, 0.717) is 29.0 Å². The standard InChI is InChI=1S/C26H22F4N2O3/c1-2-22-25(34)32(14-16-5-3-7-19(11-16)26(28,29)30)15-18-13-21(9-10-23(18)35-22)31-24(33)17-6-4-8-20(27)12-17/h3-13,22H,2,14-15H2,1H3,(H,31,33)/t22-/m1/s1. The molecule has 5 nitrogen and oxygen atoms in total. The van der Waals surface area contributed by atoms with Crippen molar-refractivity contribution in [2.24, 2.45) is 0 Å². The summed E-state index contributed by atoms with van der Waals surface area (Å²) in [4.78, 5) is 27.0. The highest BCUT2D eigenvalue weighted by Gasteiger charge is 2.32. The maximum absolute atomic E-state index is 13.5. The lowest BCUT2D eigenvalue weighted by Crippen LogP contribution is -2.38. The lowest BCUT2D eigenvalue weighted by atomic mass is 10.1. The first kappa shape index (κ1) is 24.3. The van der Waals surface area contributed by atoms with Crippen molar-refractivity contribution in [2.45, 2.75) is 38.7 Å². The molecular weight excluding hydrogens is 464 g/mol. The van der Waals surface area contributed by atoms with E-state index in [-0.39, 0.29) is 24.6 Å². The van der Waals surface area contributed by atoms with Gasteiger partial charge < -0.3 is 15.0 Å². The molecule has 0 bridgehead atoms. The number of fused-ring (bicyclic) bond motifs is 1. The minimum absolute atomic E-state index is 0.0397. The fourth-order valence-corrected chi connectivity index (χ4v) is 3.88. The molecular formula is C26H22F4N2O3. The number of alkyl halides is 3. The molecule has 0 radical (unpaired) electrons. The summed E-state index contributed by atoms with van der Waals surface area (Å²) in [5.74, 6) is -0.948. The number of carbonyl (C=O) groups is 2. The molecule has 4 rings (SSSR count). The topological polar surface area (TPSA) is 58.6 Å². The molecule has 9 heteroatoms. The van der Waals surface area contributed by atoms with Gasteiger partial charge >= 0.3 is 6.18 Å². The fraction of sp³-hybridized carbons (Fsp3) is 0.231. The number of halogens is 4. The summed E-state index contributed by atoms with van der Waals surface area (Å²) in [5, 5.41) is 2.69. The number of rotatable bonds is 5. The van der Waals surface area contributed by atoms with Gasteiger partial charge in [0, 0.05) is 29.9 Å². The van der Waals surface area contributed by atoms with E-state index in [9.17, 15) is 27.2 Å². The van der Waals surface area contributed by atoms with Crippen LogP contribution >= 0.6 is 0 Å². The van der Waals surface area contributed by atoms with E-state index in [2.05, 4.69) is 5.32 Å². The lowest BCUT2D eigenvalue weighted by Gasteiger charge is -2.23. The second-order valence-electron chi connectivity index (χ2n) is 8.19. The molecule has 1 N–H and O–H groups in total. The van der Waals surface area contributed by atoms with Crippen molar-refractivity contribution < 1.29 is 31.9 Å². The molecule has 0 saturated carbocycles. The zero-order valence-corrected chi connectivity index (χ0v) is 18.7. The Morgan fingerprint density at radius 1 is 1.09 bits per heavy atom. The molecule has 3 aromatic rings. The van der Waals surface area contributed by atoms with Crippen molar-refractivity contribution in [3.05, 3.63) is 94.8 Å². The predicted octanol–water partition coefficient (Wildman–Crippen LogP) is 5.80. The monoisotopic (exact) mass is 486 g/mol. The molecule has 0 aliphatic carbocycles. The Bertz CT molecular complexity index is 1260. The van der Waals surface area contributed by atoms with Crippen LogP contribution in [-0.4, -0.2) is 22.8 Å². The third-order valence-electron chi connectivity index (χ3n) is 5.62. The Kier molecular flexibility index (Phi) is 6.77. The van der Waals surface area contributed by atoms with Gasteiger partial charge in [0.2, 0.25) is 0 Å². The van der Waals surface area contributed by atoms with Crippen LogP contribution in [0.5, 0.6) is 5.75 Å². The normalized spacial score (nSPS) is 15.7. The number of anilines is 1. The number of nitrogens with one attached hydrogen (secondary N) is 1. The van der Waals surface area contributed by atoms with Gasteiger partial charge in [-0.2, -0.15) is 13.2 Å². The Labute approximate surface area is 199 Å². The zero-order chi connectivity index (χ0) is 25.2. The highest BCUT2D eigenvalue weighted by Crippen LogP contribution is 2.32. The Hall–Kier alpha value is -3.88. The Morgan fingerprint density at radius 3 is 2.57 bits per heavy atom. The van der Waals surface area contributed by atoms with Gasteiger partial charge in [-0.15, -0.1) is 0 Å². The largest absolute Gasteiger partial charge is 0.480 e. The summed E-state index contributed by atoms with van der Waals surface area (Å²) < 4.78 is 58.8. The second kappa shape index (κ2) is 9.77. The minimum atomic E-state index is -4.49. The average molecular weight is 486 g/mol. The molecule has 0 spiro atoms. The van der Waals surface area contributed by atoms with Gasteiger partial charge in [-0.3, -0.25) is 9.59 Å². The molecule has 0 aromatic heterocycles. The fourth-order valence-electron chi connectivity index (χ4n) is 3.88. The molecule has 3 aromatic carbocycles. The summed E-state index contributed by atoms with van der Waals surface area (Å²) in [6.07, 6.45) is -4.92. The molecule has 1 atom stereocenters. The van der Waals surface area contributed by atoms with Crippen LogP contribution in [0.3, 0.4) is 0 Å². The van der Waals surface area contributed by atoms with Crippen LogP contribution in [0.2, 0.25) is 0 Å². The smallest absolute Gasteiger partial charge is 0.416 e. The van der Waals surface area contributed by atoms with Crippen molar-refractivity contribution in [1.29, 1.82) is 0 Å². The maximum atomic E-state index is 13.5. The first-order valence-corrected chi connectivity index (χ1v) is 11.0. The van der Waals surface area contributed by atoms with E-state index in [0.717, 1.165) is 18.2 Å². The van der Waals surface area contributed by atoms with E-state index < -0.39 is 29.6 Å². The van der Waals surface area contributed by atoms with Crippen molar-refractivity contribution in [3.8, 4) is 5.75 Å². The van der Waals surface area contributed by atoms with Crippen LogP contribution in [0.1, 0.15) is 40.4 Å². The van der Waals surface area contributed by atoms with Crippen LogP contribution in [-0.2, 0) is 24.1 Å². The van der Waals surface area contributed by atoms with Gasteiger partial charge in [-0.05, 0) is 60.5 Å². The Morgan fingerprint density at radius 2 is 1.86 bits per heavy atom. The molecule has 2 amide bonds. The van der Waals surface area contributed by atoms with Gasteiger partial charge in [-0.25, -0.2) is 4.39 Å². The molecule has 0 saturated heterocycles. The van der Waals surface area contributed by atoms with Gasteiger partial charge in [0.1, 0.15) is 11.6 Å². The number of ether oxygens (including phenoxy) is 1. The minimum Gasteiger partial charge on any atom is -0.480 e. The zero-order valence-electron chi connectivity index (χ0n) is 18.7. The van der Waals surface area contributed by atoms with Gasteiger partial charge in [0.15, 0.2) is 6.10 Å². The van der Waals surface area contributed by atoms with Crippen molar-refractivity contribution in [2.75, 3.05) is 5.32 Å². The summed E-state index contributed by atoms with van der Waals surface area (Å²) >= 11 is 0. The molecule has 0 unspecified atom stereocenters. The quantitative estimate of drug-likeness (QED) is 0.464. The van der Waals surface area contributed by atoms with Gasteiger partial charge in [-0.1, -0.05) is 25.1 Å². The number of hydrogen-bond donors (Lipinski definition) is 1. The van der Waals surface area contributed by atoms with E-state index in [1.807, 2.05) is 0 Å². The predicted molar refractivity (Wildman–Crippen MR) is 121 cm³/mol. The van der Waals surface area contributed by atoms with E-state index in [1.54, 1.807) is 25.1 Å². The maximum Gasteiger partial charge on any atom is 0.416 e. The average Bonchev–Trinajstić information content (AvgIpc) is 2.94. The third kappa shape index (κ3) is 5.62. The number of nitrogens with zero attached hydrogens (tertiary/aromatic N) is 1. The highest BCUT2D eigenvalue weighted by molar-refractivity contribution is 6.04. The summed E-state index contributed by atoms with van der Waals surface area (Å²) in [7, 11) is 0. The van der Waals surface area contributed by atoms with Crippen LogP contribution in [0.15, 0.2) is 66.7 Å². The molecule has 1 aliphatic heterocycles. The van der Waals surface area contributed by atoms with Crippen molar-refractivity contribution in [3.63, 3.8) is 0 Å². The second-order valence-corrected chi connectivity index (χ2v) is 8.19. The number of amides is 2. The molecule has 1 aliphatic rings. The molecule has 1 heterocycles. The van der Waals surface area contributed by atoms with Crippen LogP contribution in [0.25, 0.3) is 0 Å². The van der Waals surface area contributed by atoms with Crippen LogP contribution in [0.4, 0.5) is 23.2 Å². The third-order valence-corrected chi connectivity index (χ3v) is 5.62. The van der Waals surface area contributed by atoms with E-state index >= 15 is 0 Å². The van der Waals surface area contributed by atoms with Crippen molar-refractivity contribution in [1.82, 2.24) is 4.90 Å². The summed E-state index contributed by atoms with van der Waals surface area (Å²) in [6, 6.07) is 15.0. The highest BCUT2D eigenvalue weighted by atomic mass is 19.4. The van der Waals surface area contributed by atoms with Crippen molar-refractivity contribution >= 4 is 17.5 Å². The molecule has 35 heavy (non-hydrogen) atoms. The molecule has 182 valence electrons. The van der Waals surface area contributed by atoms with E-state index in [4.69, 9.17) is 4.74 Å². The van der Waals surface area contributed by atoms with Crippen LogP contribution in [0, 0.1) is 5.82 Å². The van der Waals surface area contributed by atoms with Crippen LogP contribution < -0.4 is 10.1 Å². The van der Waals surface area contributed by atoms with Gasteiger partial charge in [0.05, 0.1) is 5.56 Å².